The van der Waals surface area contributed by atoms with Crippen molar-refractivity contribution >= 4 is 11.6 Å². The first kappa shape index (κ1) is 14.7. The highest BCUT2D eigenvalue weighted by Crippen LogP contribution is 2.10. The molecule has 2 rings (SSSR count). The average Bonchev–Trinajstić information content (AvgIpc) is 2.48. The molecule has 0 radical (unpaired) electrons. The molecule has 0 aliphatic heterocycles. The minimum atomic E-state index is 0.827. The summed E-state index contributed by atoms with van der Waals surface area (Å²) in [6.07, 6.45) is 7.27. The predicted octanol–water partition coefficient (Wildman–Crippen LogP) is 4.56. The van der Waals surface area contributed by atoms with Crippen LogP contribution >= 0.6 is 11.6 Å². The van der Waals surface area contributed by atoms with Gasteiger partial charge in [0, 0.05) is 18.3 Å². The molecule has 96 valence electrons. The van der Waals surface area contributed by atoms with Gasteiger partial charge in [-0.25, -0.2) is 0 Å². The van der Waals surface area contributed by atoms with Gasteiger partial charge < -0.3 is 0 Å². The quantitative estimate of drug-likeness (QED) is 0.596. The lowest BCUT2D eigenvalue weighted by molar-refractivity contribution is 0.776. The van der Waals surface area contributed by atoms with Crippen molar-refractivity contribution in [3.63, 3.8) is 0 Å². The first-order chi connectivity index (χ1) is 8.88. The van der Waals surface area contributed by atoms with Gasteiger partial charge >= 0.3 is 0 Å². The molecule has 0 atom stereocenters. The standard InChI is InChI=1S/C10H8N2.C5H11Cl/c1-3-7-11-9(5-1)10-6-2-4-8-12-10;1-2-3-4-5-6/h1-8H;2-5H2,1H3. The number of hydrogen-bond donors (Lipinski definition) is 0. The molecule has 0 aliphatic carbocycles. The summed E-state index contributed by atoms with van der Waals surface area (Å²) in [4.78, 5) is 8.37. The number of hydrogen-bond acceptors (Lipinski definition) is 2. The molecule has 2 aromatic rings. The smallest absolute Gasteiger partial charge is 0.0886 e. The number of rotatable bonds is 4. The zero-order valence-corrected chi connectivity index (χ0v) is 11.5. The van der Waals surface area contributed by atoms with Crippen molar-refractivity contribution < 1.29 is 0 Å². The number of unbranched alkanes of at least 4 members (excludes halogenated alkanes) is 2. The second kappa shape index (κ2) is 9.60. The van der Waals surface area contributed by atoms with Crippen molar-refractivity contribution in [3.05, 3.63) is 48.8 Å². The van der Waals surface area contributed by atoms with Crippen LogP contribution in [0.1, 0.15) is 26.2 Å². The van der Waals surface area contributed by atoms with Crippen LogP contribution in [0.4, 0.5) is 0 Å². The van der Waals surface area contributed by atoms with Crippen molar-refractivity contribution in [2.75, 3.05) is 5.88 Å². The average molecular weight is 263 g/mol. The number of halogens is 1. The summed E-state index contributed by atoms with van der Waals surface area (Å²) in [5.74, 6) is 0.827. The van der Waals surface area contributed by atoms with E-state index in [-0.39, 0.29) is 0 Å². The lowest BCUT2D eigenvalue weighted by Crippen LogP contribution is -1.83. The molecule has 2 heterocycles. The van der Waals surface area contributed by atoms with Crippen molar-refractivity contribution in [1.82, 2.24) is 9.97 Å². The first-order valence-corrected chi connectivity index (χ1v) is 6.80. The van der Waals surface area contributed by atoms with E-state index in [1.165, 1.54) is 19.3 Å². The van der Waals surface area contributed by atoms with Gasteiger partial charge in [-0.3, -0.25) is 9.97 Å². The van der Waals surface area contributed by atoms with Crippen LogP contribution in [0.2, 0.25) is 0 Å². The highest BCUT2D eigenvalue weighted by Gasteiger charge is 1.95. The Morgan fingerprint density at radius 1 is 0.889 bits per heavy atom. The molecule has 0 unspecified atom stereocenters. The van der Waals surface area contributed by atoms with E-state index in [0.29, 0.717) is 0 Å². The molecule has 2 aromatic heterocycles. The van der Waals surface area contributed by atoms with E-state index in [1.807, 2.05) is 36.4 Å². The molecule has 0 spiro atoms. The third-order valence-electron chi connectivity index (χ3n) is 2.33. The maximum atomic E-state index is 5.38. The number of nitrogens with zero attached hydrogens (tertiary/aromatic N) is 2. The fraction of sp³-hybridized carbons (Fsp3) is 0.333. The Morgan fingerprint density at radius 3 is 1.72 bits per heavy atom. The highest BCUT2D eigenvalue weighted by molar-refractivity contribution is 6.17. The van der Waals surface area contributed by atoms with Crippen LogP contribution in [-0.4, -0.2) is 15.8 Å². The van der Waals surface area contributed by atoms with E-state index in [9.17, 15) is 0 Å². The SMILES string of the molecule is CCCCCCl.c1ccc(-c2ccccn2)nc1. The normalized spacial score (nSPS) is 9.44. The Bertz CT molecular complexity index is 362. The summed E-state index contributed by atoms with van der Waals surface area (Å²) in [5, 5.41) is 0. The van der Waals surface area contributed by atoms with Crippen molar-refractivity contribution in [3.8, 4) is 11.4 Å². The molecule has 0 aromatic carbocycles. The topological polar surface area (TPSA) is 25.8 Å². The van der Waals surface area contributed by atoms with E-state index >= 15 is 0 Å². The van der Waals surface area contributed by atoms with Gasteiger partial charge in [0.2, 0.25) is 0 Å². The molecular formula is C15H19ClN2. The van der Waals surface area contributed by atoms with Gasteiger partial charge in [0.25, 0.3) is 0 Å². The van der Waals surface area contributed by atoms with Crippen LogP contribution in [0.5, 0.6) is 0 Å². The Hall–Kier alpha value is -1.41. The largest absolute Gasteiger partial charge is 0.255 e. The maximum Gasteiger partial charge on any atom is 0.0886 e. The van der Waals surface area contributed by atoms with Crippen molar-refractivity contribution in [2.45, 2.75) is 26.2 Å². The van der Waals surface area contributed by atoms with E-state index in [4.69, 9.17) is 11.6 Å². The highest BCUT2D eigenvalue weighted by atomic mass is 35.5. The third-order valence-corrected chi connectivity index (χ3v) is 2.60. The van der Waals surface area contributed by atoms with Crippen LogP contribution < -0.4 is 0 Å². The number of alkyl halides is 1. The molecule has 3 heteroatoms. The van der Waals surface area contributed by atoms with E-state index in [2.05, 4.69) is 16.9 Å². The van der Waals surface area contributed by atoms with E-state index in [0.717, 1.165) is 17.3 Å². The van der Waals surface area contributed by atoms with Crippen molar-refractivity contribution in [2.24, 2.45) is 0 Å². The van der Waals surface area contributed by atoms with Crippen LogP contribution in [0.3, 0.4) is 0 Å². The second-order valence-electron chi connectivity index (χ2n) is 3.83. The molecule has 2 nitrogen and oxygen atoms in total. The second-order valence-corrected chi connectivity index (χ2v) is 4.20. The molecule has 0 aliphatic rings. The molecule has 0 saturated carbocycles. The van der Waals surface area contributed by atoms with E-state index < -0.39 is 0 Å². The monoisotopic (exact) mass is 262 g/mol. The number of pyridine rings is 2. The zero-order valence-electron chi connectivity index (χ0n) is 10.7. The Morgan fingerprint density at radius 2 is 1.44 bits per heavy atom. The van der Waals surface area contributed by atoms with Crippen LogP contribution in [-0.2, 0) is 0 Å². The van der Waals surface area contributed by atoms with Crippen LogP contribution in [0.25, 0.3) is 11.4 Å². The van der Waals surface area contributed by atoms with Crippen molar-refractivity contribution in [1.29, 1.82) is 0 Å². The predicted molar refractivity (Wildman–Crippen MR) is 77.7 cm³/mol. The maximum absolute atomic E-state index is 5.38. The fourth-order valence-corrected chi connectivity index (χ4v) is 1.56. The molecule has 0 saturated heterocycles. The van der Waals surface area contributed by atoms with Gasteiger partial charge in [0.05, 0.1) is 11.4 Å². The van der Waals surface area contributed by atoms with Gasteiger partial charge in [0.1, 0.15) is 0 Å². The summed E-state index contributed by atoms with van der Waals surface area (Å²) in [6.45, 7) is 2.17. The lowest BCUT2D eigenvalue weighted by Gasteiger charge is -1.96. The Balaban J connectivity index is 0.000000232. The Labute approximate surface area is 114 Å². The lowest BCUT2D eigenvalue weighted by atomic mass is 10.2. The summed E-state index contributed by atoms with van der Waals surface area (Å²) >= 11 is 5.38. The van der Waals surface area contributed by atoms with Crippen LogP contribution in [0.15, 0.2) is 48.8 Å². The van der Waals surface area contributed by atoms with E-state index in [1.54, 1.807) is 12.4 Å². The van der Waals surface area contributed by atoms with Gasteiger partial charge in [-0.15, -0.1) is 11.6 Å². The van der Waals surface area contributed by atoms with Gasteiger partial charge in [-0.2, -0.15) is 0 Å². The molecular weight excluding hydrogens is 244 g/mol. The first-order valence-electron chi connectivity index (χ1n) is 6.27. The summed E-state index contributed by atoms with van der Waals surface area (Å²) < 4.78 is 0. The fourth-order valence-electron chi connectivity index (χ4n) is 1.37. The number of aromatic nitrogens is 2. The zero-order chi connectivity index (χ0) is 13.1. The van der Waals surface area contributed by atoms with Gasteiger partial charge in [-0.05, 0) is 30.7 Å². The summed E-state index contributed by atoms with van der Waals surface area (Å²) in [6, 6.07) is 11.6. The molecule has 0 bridgehead atoms. The molecule has 0 N–H and O–H groups in total. The van der Waals surface area contributed by atoms with Gasteiger partial charge in [0.15, 0.2) is 0 Å². The minimum absolute atomic E-state index is 0.827. The molecule has 0 fully saturated rings. The third kappa shape index (κ3) is 5.78. The minimum Gasteiger partial charge on any atom is -0.255 e. The molecule has 18 heavy (non-hydrogen) atoms. The summed E-state index contributed by atoms with van der Waals surface area (Å²) in [5.41, 5.74) is 1.83. The Kier molecular flexibility index (Phi) is 7.82. The summed E-state index contributed by atoms with van der Waals surface area (Å²) in [7, 11) is 0. The van der Waals surface area contributed by atoms with Gasteiger partial charge in [-0.1, -0.05) is 31.9 Å². The van der Waals surface area contributed by atoms with Crippen LogP contribution in [0, 0.1) is 0 Å². The molecule has 0 amide bonds.